The van der Waals surface area contributed by atoms with Crippen molar-refractivity contribution in [3.8, 4) is 22.6 Å². The van der Waals surface area contributed by atoms with Crippen molar-refractivity contribution in [2.45, 2.75) is 19.4 Å². The first-order chi connectivity index (χ1) is 12.9. The van der Waals surface area contributed by atoms with E-state index in [9.17, 15) is 4.79 Å². The Morgan fingerprint density at radius 1 is 1.07 bits per heavy atom. The van der Waals surface area contributed by atoms with Crippen molar-refractivity contribution in [3.63, 3.8) is 0 Å². The molecule has 7 nitrogen and oxygen atoms in total. The molecule has 0 bridgehead atoms. The topological polar surface area (TPSA) is 78.3 Å². The lowest BCUT2D eigenvalue weighted by Crippen LogP contribution is -2.40. The third kappa shape index (κ3) is 3.92. The molecule has 27 heavy (non-hydrogen) atoms. The summed E-state index contributed by atoms with van der Waals surface area (Å²) in [4.78, 5) is 17.0. The number of hydrogen-bond donors (Lipinski definition) is 1. The Kier molecular flexibility index (Phi) is 5.12. The molecule has 2 aromatic heterocycles. The maximum Gasteiger partial charge on any atom is 0.251 e. The Bertz CT molecular complexity index is 913. The summed E-state index contributed by atoms with van der Waals surface area (Å²) in [6.45, 7) is 3.61. The summed E-state index contributed by atoms with van der Waals surface area (Å²) in [7, 11) is 3.13. The lowest BCUT2D eigenvalue weighted by molar-refractivity contribution is -0.123. The van der Waals surface area contributed by atoms with E-state index in [-0.39, 0.29) is 5.91 Å². The van der Waals surface area contributed by atoms with Crippen molar-refractivity contribution in [1.82, 2.24) is 14.8 Å². The van der Waals surface area contributed by atoms with Gasteiger partial charge in [0, 0.05) is 53.6 Å². The summed E-state index contributed by atoms with van der Waals surface area (Å²) >= 11 is 0. The number of nitrogens with zero attached hydrogens (tertiary/aromatic N) is 3. The molecule has 0 aliphatic heterocycles. The molecule has 0 unspecified atom stereocenters. The normalized spacial score (nSPS) is 11.1. The van der Waals surface area contributed by atoms with Gasteiger partial charge in [0.2, 0.25) is 0 Å². The monoisotopic (exact) mass is 366 g/mol. The number of nitrogens with one attached hydrogen (secondary N) is 1. The Morgan fingerprint density at radius 3 is 2.37 bits per heavy atom. The first-order valence-electron chi connectivity index (χ1n) is 8.44. The van der Waals surface area contributed by atoms with Crippen LogP contribution in [0.5, 0.6) is 11.5 Å². The number of amides is 1. The minimum absolute atomic E-state index is 0.210. The third-order valence-corrected chi connectivity index (χ3v) is 4.32. The maximum atomic E-state index is 12.9. The number of carbonyl (C=O) groups excluding carboxylic acids is 1. The van der Waals surface area contributed by atoms with Crippen LogP contribution < -0.4 is 14.8 Å². The van der Waals surface area contributed by atoms with E-state index in [4.69, 9.17) is 9.47 Å². The predicted octanol–water partition coefficient (Wildman–Crippen LogP) is 3.34. The molecule has 3 rings (SSSR count). The van der Waals surface area contributed by atoms with Gasteiger partial charge < -0.3 is 14.8 Å². The second-order valence-corrected chi connectivity index (χ2v) is 6.53. The van der Waals surface area contributed by atoms with Gasteiger partial charge in [-0.15, -0.1) is 0 Å². The second-order valence-electron chi connectivity index (χ2n) is 6.53. The van der Waals surface area contributed by atoms with Crippen LogP contribution in [0.3, 0.4) is 0 Å². The second kappa shape index (κ2) is 7.49. The highest BCUT2D eigenvalue weighted by molar-refractivity contribution is 5.96. The lowest BCUT2D eigenvalue weighted by atomic mass is 10.0. The minimum Gasteiger partial charge on any atom is -0.497 e. The lowest BCUT2D eigenvalue weighted by Gasteiger charge is -2.24. The van der Waals surface area contributed by atoms with Crippen LogP contribution in [-0.4, -0.2) is 34.9 Å². The Labute approximate surface area is 158 Å². The molecule has 2 heterocycles. The molecule has 140 valence electrons. The predicted molar refractivity (Wildman–Crippen MR) is 103 cm³/mol. The van der Waals surface area contributed by atoms with E-state index in [0.29, 0.717) is 17.2 Å². The van der Waals surface area contributed by atoms with Crippen LogP contribution in [0.25, 0.3) is 11.1 Å². The Hall–Kier alpha value is -3.35. The van der Waals surface area contributed by atoms with Crippen LogP contribution in [0.2, 0.25) is 0 Å². The van der Waals surface area contributed by atoms with E-state index in [0.717, 1.165) is 11.1 Å². The van der Waals surface area contributed by atoms with Gasteiger partial charge in [0.05, 0.1) is 20.4 Å². The average molecular weight is 366 g/mol. The average Bonchev–Trinajstić information content (AvgIpc) is 3.19. The smallest absolute Gasteiger partial charge is 0.251 e. The molecule has 1 amide bonds. The summed E-state index contributed by atoms with van der Waals surface area (Å²) in [5.74, 6) is 0.986. The van der Waals surface area contributed by atoms with Crippen LogP contribution in [0, 0.1) is 0 Å². The molecule has 0 spiro atoms. The van der Waals surface area contributed by atoms with Gasteiger partial charge in [-0.1, -0.05) is 6.07 Å². The van der Waals surface area contributed by atoms with Gasteiger partial charge in [-0.25, -0.2) is 0 Å². The molecular weight excluding hydrogens is 344 g/mol. The number of hydrogen-bond acceptors (Lipinski definition) is 5. The van der Waals surface area contributed by atoms with Crippen molar-refractivity contribution in [1.29, 1.82) is 0 Å². The highest BCUT2D eigenvalue weighted by Gasteiger charge is 2.31. The Morgan fingerprint density at radius 2 is 1.78 bits per heavy atom. The van der Waals surface area contributed by atoms with Crippen molar-refractivity contribution >= 4 is 11.6 Å². The highest BCUT2D eigenvalue weighted by atomic mass is 16.5. The summed E-state index contributed by atoms with van der Waals surface area (Å²) in [6, 6.07) is 9.03. The number of ether oxygens (including phenoxy) is 2. The van der Waals surface area contributed by atoms with Gasteiger partial charge in [0.25, 0.3) is 5.91 Å². The van der Waals surface area contributed by atoms with Gasteiger partial charge in [0.15, 0.2) is 0 Å². The molecule has 1 aromatic carbocycles. The van der Waals surface area contributed by atoms with Crippen molar-refractivity contribution in [2.24, 2.45) is 0 Å². The number of methoxy groups -OCH3 is 2. The number of carbonyl (C=O) groups is 1. The van der Waals surface area contributed by atoms with Gasteiger partial charge in [-0.3, -0.25) is 14.5 Å². The fourth-order valence-corrected chi connectivity index (χ4v) is 2.58. The number of benzene rings is 1. The first kappa shape index (κ1) is 18.4. The number of aromatic nitrogens is 3. The van der Waals surface area contributed by atoms with E-state index in [1.165, 1.54) is 0 Å². The molecular formula is C20H22N4O3. The fourth-order valence-electron chi connectivity index (χ4n) is 2.58. The molecule has 0 aliphatic carbocycles. The first-order valence-corrected chi connectivity index (χ1v) is 8.44. The van der Waals surface area contributed by atoms with Gasteiger partial charge >= 0.3 is 0 Å². The molecule has 0 saturated heterocycles. The van der Waals surface area contributed by atoms with Crippen LogP contribution in [0.4, 0.5) is 5.69 Å². The SMILES string of the molecule is COc1cc(NC(=O)C(C)(C)n2cc(-c3cccnc3)cn2)cc(OC)c1. The van der Waals surface area contributed by atoms with Gasteiger partial charge in [-0.05, 0) is 19.9 Å². The van der Waals surface area contributed by atoms with E-state index >= 15 is 0 Å². The van der Waals surface area contributed by atoms with Crippen molar-refractivity contribution in [3.05, 3.63) is 55.1 Å². The fraction of sp³-hybridized carbons (Fsp3) is 0.250. The van der Waals surface area contributed by atoms with Crippen LogP contribution in [0.15, 0.2) is 55.1 Å². The molecule has 1 N–H and O–H groups in total. The van der Waals surface area contributed by atoms with E-state index in [1.54, 1.807) is 69.5 Å². The molecule has 0 atom stereocenters. The largest absolute Gasteiger partial charge is 0.497 e. The van der Waals surface area contributed by atoms with E-state index in [1.807, 2.05) is 18.3 Å². The molecule has 0 fully saturated rings. The zero-order chi connectivity index (χ0) is 19.4. The number of rotatable bonds is 6. The summed E-state index contributed by atoms with van der Waals surface area (Å²) < 4.78 is 12.1. The number of anilines is 1. The van der Waals surface area contributed by atoms with E-state index in [2.05, 4.69) is 15.4 Å². The maximum absolute atomic E-state index is 12.9. The van der Waals surface area contributed by atoms with Gasteiger partial charge in [-0.2, -0.15) is 5.10 Å². The quantitative estimate of drug-likeness (QED) is 0.724. The molecule has 3 aromatic rings. The van der Waals surface area contributed by atoms with Crippen LogP contribution in [0.1, 0.15) is 13.8 Å². The molecule has 7 heteroatoms. The van der Waals surface area contributed by atoms with Crippen LogP contribution >= 0.6 is 0 Å². The number of pyridine rings is 1. The Balaban J connectivity index is 1.83. The zero-order valence-corrected chi connectivity index (χ0v) is 15.8. The van der Waals surface area contributed by atoms with Crippen LogP contribution in [-0.2, 0) is 10.3 Å². The standard InChI is InChI=1S/C20H22N4O3/c1-20(2,24-13-15(12-22-24)14-6-5-7-21-11-14)19(25)23-16-8-17(26-3)10-18(9-16)27-4/h5-13H,1-4H3,(H,23,25). The molecule has 0 aliphatic rings. The highest BCUT2D eigenvalue weighted by Crippen LogP contribution is 2.28. The van der Waals surface area contributed by atoms with Crippen molar-refractivity contribution in [2.75, 3.05) is 19.5 Å². The zero-order valence-electron chi connectivity index (χ0n) is 15.8. The summed E-state index contributed by atoms with van der Waals surface area (Å²) in [5, 5.41) is 7.28. The summed E-state index contributed by atoms with van der Waals surface area (Å²) in [6.07, 6.45) is 7.04. The summed E-state index contributed by atoms with van der Waals surface area (Å²) in [5.41, 5.74) is 1.52. The van der Waals surface area contributed by atoms with Crippen molar-refractivity contribution < 1.29 is 14.3 Å². The molecule has 0 radical (unpaired) electrons. The minimum atomic E-state index is -0.906. The molecule has 0 saturated carbocycles. The van der Waals surface area contributed by atoms with E-state index < -0.39 is 5.54 Å². The third-order valence-electron chi connectivity index (χ3n) is 4.32. The van der Waals surface area contributed by atoms with Gasteiger partial charge in [0.1, 0.15) is 17.0 Å².